The van der Waals surface area contributed by atoms with Gasteiger partial charge in [-0.15, -0.1) is 10.2 Å². The molecule has 1 aromatic carbocycles. The Morgan fingerprint density at radius 2 is 1.93 bits per heavy atom. The fourth-order valence-electron chi connectivity index (χ4n) is 1.37. The summed E-state index contributed by atoms with van der Waals surface area (Å²) in [7, 11) is 0. The molecular formula is C9H12N6. The summed E-state index contributed by atoms with van der Waals surface area (Å²) in [5, 5.41) is 7.58. The number of nitrogens with two attached hydrogens (primary N) is 3. The third-order valence-corrected chi connectivity index (χ3v) is 2.22. The maximum Gasteiger partial charge on any atom is 0.241 e. The van der Waals surface area contributed by atoms with Gasteiger partial charge in [-0.05, 0) is 24.6 Å². The summed E-state index contributed by atoms with van der Waals surface area (Å²) in [6.45, 7) is 1.94. The SMILES string of the molecule is Cc1ccc(N)cc1-c1nnc(N)n1N. The molecule has 0 saturated carbocycles. The summed E-state index contributed by atoms with van der Waals surface area (Å²) in [5.41, 5.74) is 13.7. The minimum atomic E-state index is 0.173. The van der Waals surface area contributed by atoms with Crippen molar-refractivity contribution in [3.05, 3.63) is 23.8 Å². The molecule has 0 aliphatic heterocycles. The Hall–Kier alpha value is -2.24. The molecule has 0 saturated heterocycles. The minimum absolute atomic E-state index is 0.173. The second-order valence-electron chi connectivity index (χ2n) is 3.33. The minimum Gasteiger partial charge on any atom is -0.399 e. The quantitative estimate of drug-likeness (QED) is 0.452. The first-order valence-electron chi connectivity index (χ1n) is 4.42. The average Bonchev–Trinajstić information content (AvgIpc) is 2.52. The highest BCUT2D eigenvalue weighted by molar-refractivity contribution is 5.66. The van der Waals surface area contributed by atoms with Gasteiger partial charge in [0, 0.05) is 11.3 Å². The van der Waals surface area contributed by atoms with E-state index in [1.165, 1.54) is 4.68 Å². The van der Waals surface area contributed by atoms with Crippen molar-refractivity contribution in [1.29, 1.82) is 0 Å². The van der Waals surface area contributed by atoms with Gasteiger partial charge >= 0.3 is 0 Å². The number of nitrogen functional groups attached to an aromatic ring is 3. The van der Waals surface area contributed by atoms with Crippen LogP contribution in [0.5, 0.6) is 0 Å². The standard InChI is InChI=1S/C9H12N6/c1-5-2-3-6(10)4-7(5)8-13-14-9(11)15(8)12/h2-4H,10,12H2,1H3,(H2,11,14). The average molecular weight is 204 g/mol. The van der Waals surface area contributed by atoms with Crippen LogP contribution in [0.4, 0.5) is 11.6 Å². The third kappa shape index (κ3) is 1.45. The molecule has 0 aliphatic rings. The first kappa shape index (κ1) is 9.32. The van der Waals surface area contributed by atoms with Crippen LogP contribution in [0.15, 0.2) is 18.2 Å². The molecule has 0 spiro atoms. The van der Waals surface area contributed by atoms with Crippen molar-refractivity contribution in [1.82, 2.24) is 14.9 Å². The van der Waals surface area contributed by atoms with Gasteiger partial charge in [0.2, 0.25) is 5.95 Å². The molecule has 0 atom stereocenters. The highest BCUT2D eigenvalue weighted by atomic mass is 15.4. The van der Waals surface area contributed by atoms with Gasteiger partial charge in [0.05, 0.1) is 0 Å². The van der Waals surface area contributed by atoms with Gasteiger partial charge in [-0.2, -0.15) is 0 Å². The molecule has 0 unspecified atom stereocenters. The molecule has 0 radical (unpaired) electrons. The van der Waals surface area contributed by atoms with Crippen LogP contribution in [0.3, 0.4) is 0 Å². The van der Waals surface area contributed by atoms with Gasteiger partial charge in [0.1, 0.15) is 0 Å². The zero-order valence-corrected chi connectivity index (χ0v) is 8.31. The lowest BCUT2D eigenvalue weighted by Gasteiger charge is -2.05. The number of hydrogen-bond donors (Lipinski definition) is 3. The van der Waals surface area contributed by atoms with Crippen molar-refractivity contribution in [2.75, 3.05) is 17.3 Å². The Morgan fingerprint density at radius 3 is 2.53 bits per heavy atom. The van der Waals surface area contributed by atoms with Crippen LogP contribution in [-0.4, -0.2) is 14.9 Å². The number of rotatable bonds is 1. The van der Waals surface area contributed by atoms with E-state index in [4.69, 9.17) is 17.3 Å². The van der Waals surface area contributed by atoms with Gasteiger partial charge in [-0.25, -0.2) is 4.68 Å². The Bertz CT molecular complexity index is 501. The second-order valence-corrected chi connectivity index (χ2v) is 3.33. The molecule has 0 fully saturated rings. The van der Waals surface area contributed by atoms with Crippen LogP contribution in [0.2, 0.25) is 0 Å². The number of hydrogen-bond acceptors (Lipinski definition) is 5. The number of anilines is 2. The Labute approximate surface area is 86.7 Å². The normalized spacial score (nSPS) is 10.5. The molecule has 1 heterocycles. The zero-order valence-electron chi connectivity index (χ0n) is 8.31. The van der Waals surface area contributed by atoms with E-state index >= 15 is 0 Å². The van der Waals surface area contributed by atoms with Gasteiger partial charge in [-0.1, -0.05) is 6.07 Å². The lowest BCUT2D eigenvalue weighted by molar-refractivity contribution is 1.02. The number of nitrogens with zero attached hydrogens (tertiary/aromatic N) is 3. The Balaban J connectivity index is 2.63. The van der Waals surface area contributed by atoms with Gasteiger partial charge < -0.3 is 17.3 Å². The Morgan fingerprint density at radius 1 is 1.20 bits per heavy atom. The van der Waals surface area contributed by atoms with Crippen molar-refractivity contribution >= 4 is 11.6 Å². The molecule has 15 heavy (non-hydrogen) atoms. The third-order valence-electron chi connectivity index (χ3n) is 2.22. The van der Waals surface area contributed by atoms with Crippen molar-refractivity contribution in [3.8, 4) is 11.4 Å². The van der Waals surface area contributed by atoms with E-state index in [0.29, 0.717) is 11.5 Å². The predicted molar refractivity (Wildman–Crippen MR) is 59.2 cm³/mol. The summed E-state index contributed by atoms with van der Waals surface area (Å²) >= 11 is 0. The summed E-state index contributed by atoms with van der Waals surface area (Å²) < 4.78 is 1.24. The molecule has 2 aromatic rings. The molecule has 6 heteroatoms. The van der Waals surface area contributed by atoms with E-state index in [9.17, 15) is 0 Å². The van der Waals surface area contributed by atoms with E-state index in [0.717, 1.165) is 11.1 Å². The van der Waals surface area contributed by atoms with Crippen LogP contribution in [0.25, 0.3) is 11.4 Å². The first-order valence-corrected chi connectivity index (χ1v) is 4.42. The maximum absolute atomic E-state index is 5.69. The fraction of sp³-hybridized carbons (Fsp3) is 0.111. The van der Waals surface area contributed by atoms with Crippen molar-refractivity contribution in [3.63, 3.8) is 0 Å². The molecule has 2 rings (SSSR count). The van der Waals surface area contributed by atoms with Crippen molar-refractivity contribution in [2.45, 2.75) is 6.92 Å². The van der Waals surface area contributed by atoms with Crippen LogP contribution in [0, 0.1) is 6.92 Å². The number of aromatic nitrogens is 3. The van der Waals surface area contributed by atoms with Crippen LogP contribution in [-0.2, 0) is 0 Å². The lowest BCUT2D eigenvalue weighted by atomic mass is 10.1. The highest BCUT2D eigenvalue weighted by Gasteiger charge is 2.11. The summed E-state index contributed by atoms with van der Waals surface area (Å²) in [6, 6.07) is 5.51. The number of aryl methyl sites for hydroxylation is 1. The van der Waals surface area contributed by atoms with Gasteiger partial charge in [0.25, 0.3) is 0 Å². The summed E-state index contributed by atoms with van der Waals surface area (Å²) in [4.78, 5) is 0. The van der Waals surface area contributed by atoms with Crippen molar-refractivity contribution in [2.24, 2.45) is 0 Å². The largest absolute Gasteiger partial charge is 0.399 e. The summed E-state index contributed by atoms with van der Waals surface area (Å²) in [6.07, 6.45) is 0. The molecule has 0 bridgehead atoms. The second kappa shape index (κ2) is 3.16. The van der Waals surface area contributed by atoms with Crippen molar-refractivity contribution < 1.29 is 0 Å². The first-order chi connectivity index (χ1) is 7.09. The number of benzene rings is 1. The molecule has 1 aromatic heterocycles. The van der Waals surface area contributed by atoms with E-state index in [-0.39, 0.29) is 5.95 Å². The molecule has 78 valence electrons. The molecule has 6 N–H and O–H groups in total. The molecule has 6 nitrogen and oxygen atoms in total. The van der Waals surface area contributed by atoms with Crippen LogP contribution < -0.4 is 17.3 Å². The van der Waals surface area contributed by atoms with Crippen LogP contribution >= 0.6 is 0 Å². The fourth-order valence-corrected chi connectivity index (χ4v) is 1.37. The maximum atomic E-state index is 5.69. The molecule has 0 aliphatic carbocycles. The van der Waals surface area contributed by atoms with Gasteiger partial charge in [-0.3, -0.25) is 0 Å². The highest BCUT2D eigenvalue weighted by Crippen LogP contribution is 2.23. The molecular weight excluding hydrogens is 192 g/mol. The lowest BCUT2D eigenvalue weighted by Crippen LogP contribution is -2.13. The zero-order chi connectivity index (χ0) is 11.0. The molecule has 0 amide bonds. The van der Waals surface area contributed by atoms with Gasteiger partial charge in [0.15, 0.2) is 5.82 Å². The Kier molecular flexibility index (Phi) is 1.96. The van der Waals surface area contributed by atoms with E-state index < -0.39 is 0 Å². The van der Waals surface area contributed by atoms with Crippen LogP contribution in [0.1, 0.15) is 5.56 Å². The predicted octanol–water partition coefficient (Wildman–Crippen LogP) is 0.132. The van der Waals surface area contributed by atoms with E-state index in [1.54, 1.807) is 6.07 Å². The van der Waals surface area contributed by atoms with E-state index in [2.05, 4.69) is 10.2 Å². The topological polar surface area (TPSA) is 109 Å². The van der Waals surface area contributed by atoms with E-state index in [1.807, 2.05) is 19.1 Å². The smallest absolute Gasteiger partial charge is 0.241 e. The summed E-state index contributed by atoms with van der Waals surface area (Å²) in [5.74, 6) is 6.36. The monoisotopic (exact) mass is 204 g/mol.